The molecular formula is C9H12N2O. The second-order valence-electron chi connectivity index (χ2n) is 3.14. The van der Waals surface area contributed by atoms with Crippen molar-refractivity contribution in [3.63, 3.8) is 0 Å². The van der Waals surface area contributed by atoms with Crippen LogP contribution in [-0.2, 0) is 4.79 Å². The highest BCUT2D eigenvalue weighted by Crippen LogP contribution is 2.18. The van der Waals surface area contributed by atoms with E-state index in [4.69, 9.17) is 0 Å². The normalized spacial score (nSPS) is 27.8. The molecule has 0 aliphatic carbocycles. The molecule has 2 N–H and O–H groups in total. The predicted octanol–water partition coefficient (Wildman–Crippen LogP) is 0.308. The van der Waals surface area contributed by atoms with Crippen LogP contribution in [0.1, 0.15) is 12.8 Å². The summed E-state index contributed by atoms with van der Waals surface area (Å²) in [7, 11) is 0. The largest absolute Gasteiger partial charge is 0.372 e. The minimum atomic E-state index is 0.266. The van der Waals surface area contributed by atoms with Crippen LogP contribution in [0.4, 0.5) is 0 Å². The molecule has 1 saturated heterocycles. The van der Waals surface area contributed by atoms with Crippen molar-refractivity contribution in [1.29, 1.82) is 0 Å². The molecule has 1 fully saturated rings. The minimum Gasteiger partial charge on any atom is -0.372 e. The third-order valence-electron chi connectivity index (χ3n) is 2.27. The van der Waals surface area contributed by atoms with E-state index in [0.29, 0.717) is 0 Å². The van der Waals surface area contributed by atoms with E-state index in [2.05, 4.69) is 10.6 Å². The Morgan fingerprint density at radius 2 is 2.50 bits per heavy atom. The highest BCUT2D eigenvalue weighted by molar-refractivity contribution is 5.78. The van der Waals surface area contributed by atoms with Gasteiger partial charge in [0, 0.05) is 11.8 Å². The predicted molar refractivity (Wildman–Crippen MR) is 46.4 cm³/mol. The van der Waals surface area contributed by atoms with E-state index in [0.717, 1.165) is 31.2 Å². The molecule has 12 heavy (non-hydrogen) atoms. The van der Waals surface area contributed by atoms with Crippen LogP contribution < -0.4 is 10.6 Å². The zero-order chi connectivity index (χ0) is 8.39. The Morgan fingerprint density at radius 1 is 1.58 bits per heavy atom. The van der Waals surface area contributed by atoms with Gasteiger partial charge in [0.2, 0.25) is 0 Å². The number of hydrogen-bond acceptors (Lipinski definition) is 3. The number of carbonyl (C=O) groups excluding carboxylic acids is 1. The molecule has 2 aliphatic rings. The fourth-order valence-electron chi connectivity index (χ4n) is 1.64. The number of carbonyl (C=O) groups is 1. The third kappa shape index (κ3) is 1.28. The molecule has 0 amide bonds. The summed E-state index contributed by atoms with van der Waals surface area (Å²) in [6.45, 7) is 1.05. The maximum absolute atomic E-state index is 10.5. The molecule has 3 nitrogen and oxygen atoms in total. The van der Waals surface area contributed by atoms with E-state index >= 15 is 0 Å². The van der Waals surface area contributed by atoms with Gasteiger partial charge in [-0.2, -0.15) is 0 Å². The molecule has 2 heterocycles. The lowest BCUT2D eigenvalue weighted by molar-refractivity contribution is -0.104. The van der Waals surface area contributed by atoms with E-state index in [-0.39, 0.29) is 6.17 Å². The average molecular weight is 164 g/mol. The Hall–Kier alpha value is -1.09. The fourth-order valence-corrected chi connectivity index (χ4v) is 1.64. The lowest BCUT2D eigenvalue weighted by Crippen LogP contribution is -2.46. The molecule has 2 rings (SSSR count). The molecule has 0 aromatic carbocycles. The third-order valence-corrected chi connectivity index (χ3v) is 2.27. The number of dihydropyridines is 1. The van der Waals surface area contributed by atoms with Gasteiger partial charge in [-0.15, -0.1) is 0 Å². The van der Waals surface area contributed by atoms with Gasteiger partial charge in [0.1, 0.15) is 0 Å². The number of aldehydes is 1. The van der Waals surface area contributed by atoms with Crippen LogP contribution in [0, 0.1) is 0 Å². The second-order valence-corrected chi connectivity index (χ2v) is 3.14. The zero-order valence-corrected chi connectivity index (χ0v) is 6.84. The van der Waals surface area contributed by atoms with Crippen molar-refractivity contribution >= 4 is 6.29 Å². The Bertz CT molecular complexity index is 255. The molecule has 0 spiro atoms. The van der Waals surface area contributed by atoms with Gasteiger partial charge < -0.3 is 5.32 Å². The number of piperidine rings is 1. The van der Waals surface area contributed by atoms with E-state index in [1.165, 1.54) is 5.57 Å². The molecule has 1 atom stereocenters. The maximum Gasteiger partial charge on any atom is 0.151 e. The van der Waals surface area contributed by atoms with Crippen molar-refractivity contribution in [1.82, 2.24) is 10.6 Å². The van der Waals surface area contributed by atoms with E-state index in [9.17, 15) is 4.79 Å². The summed E-state index contributed by atoms with van der Waals surface area (Å²) in [5, 5.41) is 6.48. The van der Waals surface area contributed by atoms with Crippen LogP contribution in [0.2, 0.25) is 0 Å². The van der Waals surface area contributed by atoms with Crippen molar-refractivity contribution in [2.45, 2.75) is 19.0 Å². The average Bonchev–Trinajstić information content (AvgIpc) is 2.17. The molecule has 1 unspecified atom stereocenters. The number of allylic oxidation sites excluding steroid dienone is 2. The van der Waals surface area contributed by atoms with Crippen LogP contribution in [-0.4, -0.2) is 19.0 Å². The molecule has 0 aromatic rings. The summed E-state index contributed by atoms with van der Waals surface area (Å²) >= 11 is 0. The Labute approximate surface area is 71.5 Å². The van der Waals surface area contributed by atoms with Gasteiger partial charge in [0.05, 0.1) is 6.17 Å². The first-order chi connectivity index (χ1) is 5.90. The van der Waals surface area contributed by atoms with Crippen LogP contribution in [0.5, 0.6) is 0 Å². The smallest absolute Gasteiger partial charge is 0.151 e. The number of fused-ring (bicyclic) bond motifs is 1. The molecule has 2 aliphatic heterocycles. The van der Waals surface area contributed by atoms with Gasteiger partial charge in [-0.1, -0.05) is 0 Å². The van der Waals surface area contributed by atoms with Crippen LogP contribution in [0.25, 0.3) is 0 Å². The SMILES string of the molecule is O=CC1=CNC2NCCCC2=C1. The molecule has 0 bridgehead atoms. The summed E-state index contributed by atoms with van der Waals surface area (Å²) in [5.74, 6) is 0. The molecule has 3 heteroatoms. The van der Waals surface area contributed by atoms with Gasteiger partial charge in [-0.3, -0.25) is 10.1 Å². The minimum absolute atomic E-state index is 0.266. The number of nitrogens with one attached hydrogen (secondary N) is 2. The maximum atomic E-state index is 10.5. The summed E-state index contributed by atoms with van der Waals surface area (Å²) in [4.78, 5) is 10.5. The van der Waals surface area contributed by atoms with Crippen molar-refractivity contribution < 1.29 is 4.79 Å². The van der Waals surface area contributed by atoms with Crippen molar-refractivity contribution in [2.75, 3.05) is 6.54 Å². The Morgan fingerprint density at radius 3 is 3.33 bits per heavy atom. The van der Waals surface area contributed by atoms with Gasteiger partial charge in [-0.05, 0) is 31.0 Å². The molecule has 0 radical (unpaired) electrons. The van der Waals surface area contributed by atoms with Crippen LogP contribution >= 0.6 is 0 Å². The van der Waals surface area contributed by atoms with Crippen LogP contribution in [0.15, 0.2) is 23.4 Å². The van der Waals surface area contributed by atoms with Gasteiger partial charge in [0.25, 0.3) is 0 Å². The molecule has 0 saturated carbocycles. The summed E-state index contributed by atoms with van der Waals surface area (Å²) in [6.07, 6.45) is 7.14. The molecular weight excluding hydrogens is 152 g/mol. The summed E-state index contributed by atoms with van der Waals surface area (Å²) < 4.78 is 0. The standard InChI is InChI=1S/C9H12N2O/c12-6-7-4-8-2-1-3-10-9(8)11-5-7/h4-6,9-11H,1-3H2. The first-order valence-electron chi connectivity index (χ1n) is 4.25. The zero-order valence-electron chi connectivity index (χ0n) is 6.84. The van der Waals surface area contributed by atoms with Gasteiger partial charge in [-0.25, -0.2) is 0 Å². The van der Waals surface area contributed by atoms with E-state index in [1.54, 1.807) is 6.20 Å². The van der Waals surface area contributed by atoms with Gasteiger partial charge in [0.15, 0.2) is 6.29 Å². The fraction of sp³-hybridized carbons (Fsp3) is 0.444. The van der Waals surface area contributed by atoms with Gasteiger partial charge >= 0.3 is 0 Å². The topological polar surface area (TPSA) is 41.1 Å². The first kappa shape index (κ1) is 7.55. The molecule has 64 valence electrons. The second kappa shape index (κ2) is 3.11. The summed E-state index contributed by atoms with van der Waals surface area (Å²) in [5.41, 5.74) is 2.04. The number of hydrogen-bond donors (Lipinski definition) is 2. The van der Waals surface area contributed by atoms with Crippen molar-refractivity contribution in [3.05, 3.63) is 23.4 Å². The molecule has 0 aromatic heterocycles. The first-order valence-corrected chi connectivity index (χ1v) is 4.25. The monoisotopic (exact) mass is 164 g/mol. The quantitative estimate of drug-likeness (QED) is 0.548. The highest BCUT2D eigenvalue weighted by atomic mass is 16.1. The van der Waals surface area contributed by atoms with E-state index < -0.39 is 0 Å². The lowest BCUT2D eigenvalue weighted by Gasteiger charge is -2.29. The van der Waals surface area contributed by atoms with E-state index in [1.807, 2.05) is 6.08 Å². The van der Waals surface area contributed by atoms with Crippen LogP contribution in [0.3, 0.4) is 0 Å². The van der Waals surface area contributed by atoms with Crippen molar-refractivity contribution in [2.24, 2.45) is 0 Å². The Balaban J connectivity index is 2.17. The summed E-state index contributed by atoms with van der Waals surface area (Å²) in [6, 6.07) is 0. The highest BCUT2D eigenvalue weighted by Gasteiger charge is 2.19. The van der Waals surface area contributed by atoms with Crippen molar-refractivity contribution in [3.8, 4) is 0 Å². The number of rotatable bonds is 1. The lowest BCUT2D eigenvalue weighted by atomic mass is 9.98. The Kier molecular flexibility index (Phi) is 1.96.